The standard InChI is InChI=1S/C23H29N3O4S/c1-4-26(5-2)31(29,30)20-11-12-22(25-13-6-7-14-25)21(16-20)23(28)24-19-10-8-9-18(15-19)17(3)27/h8-12,15-16H,4-7,13-14H2,1-3H3,(H,24,28). The molecule has 166 valence electrons. The van der Waals surface area contributed by atoms with Crippen molar-refractivity contribution in [2.24, 2.45) is 0 Å². The number of sulfonamides is 1. The van der Waals surface area contributed by atoms with E-state index in [0.717, 1.165) is 31.6 Å². The smallest absolute Gasteiger partial charge is 0.257 e. The third-order valence-electron chi connectivity index (χ3n) is 5.53. The van der Waals surface area contributed by atoms with Crippen LogP contribution in [0.25, 0.3) is 0 Å². The number of hydrogen-bond donors (Lipinski definition) is 1. The first-order valence-corrected chi connectivity index (χ1v) is 12.0. The molecule has 2 aromatic rings. The van der Waals surface area contributed by atoms with Gasteiger partial charge in [-0.2, -0.15) is 4.31 Å². The molecule has 0 spiro atoms. The van der Waals surface area contributed by atoms with Gasteiger partial charge in [0.05, 0.1) is 10.5 Å². The predicted molar refractivity (Wildman–Crippen MR) is 122 cm³/mol. The predicted octanol–water partition coefficient (Wildman–Crippen LogP) is 3.77. The Morgan fingerprint density at radius 1 is 1.03 bits per heavy atom. The highest BCUT2D eigenvalue weighted by atomic mass is 32.2. The number of anilines is 2. The Morgan fingerprint density at radius 3 is 2.32 bits per heavy atom. The molecule has 0 unspecified atom stereocenters. The van der Waals surface area contributed by atoms with E-state index in [1.54, 1.807) is 50.2 Å². The van der Waals surface area contributed by atoms with Gasteiger partial charge in [0.15, 0.2) is 5.78 Å². The normalized spacial score (nSPS) is 14.1. The van der Waals surface area contributed by atoms with Crippen molar-refractivity contribution in [3.05, 3.63) is 53.6 Å². The van der Waals surface area contributed by atoms with Gasteiger partial charge >= 0.3 is 0 Å². The Morgan fingerprint density at radius 2 is 1.71 bits per heavy atom. The molecule has 1 aliphatic rings. The Labute approximate surface area is 184 Å². The minimum absolute atomic E-state index is 0.0961. The number of carbonyl (C=O) groups is 2. The van der Waals surface area contributed by atoms with Crippen molar-refractivity contribution in [2.45, 2.75) is 38.5 Å². The molecule has 1 amide bonds. The molecule has 0 saturated carbocycles. The van der Waals surface area contributed by atoms with Crippen molar-refractivity contribution in [1.29, 1.82) is 0 Å². The molecular formula is C23H29N3O4S. The fourth-order valence-corrected chi connectivity index (χ4v) is 5.30. The summed E-state index contributed by atoms with van der Waals surface area (Å²) in [5.41, 5.74) is 2.01. The molecule has 8 heteroatoms. The van der Waals surface area contributed by atoms with Crippen molar-refractivity contribution in [2.75, 3.05) is 36.4 Å². The number of nitrogens with one attached hydrogen (secondary N) is 1. The molecule has 0 atom stereocenters. The molecule has 0 radical (unpaired) electrons. The molecule has 1 heterocycles. The van der Waals surface area contributed by atoms with Gasteiger partial charge in [0.2, 0.25) is 10.0 Å². The van der Waals surface area contributed by atoms with E-state index in [4.69, 9.17) is 0 Å². The molecule has 31 heavy (non-hydrogen) atoms. The third kappa shape index (κ3) is 4.97. The summed E-state index contributed by atoms with van der Waals surface area (Å²) in [4.78, 5) is 27.1. The molecule has 1 saturated heterocycles. The highest BCUT2D eigenvalue weighted by molar-refractivity contribution is 7.89. The van der Waals surface area contributed by atoms with Gasteiger partial charge in [-0.25, -0.2) is 8.42 Å². The summed E-state index contributed by atoms with van der Waals surface area (Å²) in [6.07, 6.45) is 2.06. The Kier molecular flexibility index (Phi) is 7.12. The van der Waals surface area contributed by atoms with Gasteiger partial charge in [-0.05, 0) is 50.1 Å². The van der Waals surface area contributed by atoms with Gasteiger partial charge in [-0.1, -0.05) is 26.0 Å². The summed E-state index contributed by atoms with van der Waals surface area (Å²) in [6.45, 7) is 7.39. The summed E-state index contributed by atoms with van der Waals surface area (Å²) < 4.78 is 27.4. The monoisotopic (exact) mass is 443 g/mol. The molecule has 0 aromatic heterocycles. The Bertz CT molecular complexity index is 1070. The molecule has 1 fully saturated rings. The van der Waals surface area contributed by atoms with E-state index in [9.17, 15) is 18.0 Å². The number of nitrogens with zero attached hydrogens (tertiary/aromatic N) is 2. The molecule has 3 rings (SSSR count). The van der Waals surface area contributed by atoms with Crippen LogP contribution < -0.4 is 10.2 Å². The molecule has 1 N–H and O–H groups in total. The number of ketones is 1. The van der Waals surface area contributed by atoms with Crippen LogP contribution in [0.15, 0.2) is 47.4 Å². The largest absolute Gasteiger partial charge is 0.371 e. The van der Waals surface area contributed by atoms with E-state index >= 15 is 0 Å². The van der Waals surface area contributed by atoms with Crippen LogP contribution in [-0.2, 0) is 10.0 Å². The lowest BCUT2D eigenvalue weighted by atomic mass is 10.1. The van der Waals surface area contributed by atoms with Crippen LogP contribution in [0.2, 0.25) is 0 Å². The fourth-order valence-electron chi connectivity index (χ4n) is 3.82. The second-order valence-electron chi connectivity index (χ2n) is 7.55. The third-order valence-corrected chi connectivity index (χ3v) is 7.58. The number of Topliss-reactive ketones (excluding diaryl/α,β-unsaturated/α-hetero) is 1. The van der Waals surface area contributed by atoms with E-state index < -0.39 is 15.9 Å². The van der Waals surface area contributed by atoms with Crippen molar-refractivity contribution < 1.29 is 18.0 Å². The molecule has 1 aliphatic heterocycles. The van der Waals surface area contributed by atoms with Crippen LogP contribution in [0.4, 0.5) is 11.4 Å². The highest BCUT2D eigenvalue weighted by Crippen LogP contribution is 2.29. The lowest BCUT2D eigenvalue weighted by molar-refractivity contribution is 0.101. The molecule has 0 aliphatic carbocycles. The highest BCUT2D eigenvalue weighted by Gasteiger charge is 2.26. The maximum atomic E-state index is 13.2. The van der Waals surface area contributed by atoms with Gasteiger partial charge in [0, 0.05) is 43.1 Å². The number of amides is 1. The summed E-state index contributed by atoms with van der Waals surface area (Å²) in [5, 5.41) is 2.83. The van der Waals surface area contributed by atoms with Crippen LogP contribution in [0.1, 0.15) is 54.3 Å². The summed E-state index contributed by atoms with van der Waals surface area (Å²) in [7, 11) is -3.70. The minimum Gasteiger partial charge on any atom is -0.371 e. The Hall–Kier alpha value is -2.71. The molecule has 0 bridgehead atoms. The summed E-state index contributed by atoms with van der Waals surface area (Å²) >= 11 is 0. The van der Waals surface area contributed by atoms with Crippen molar-refractivity contribution in [1.82, 2.24) is 4.31 Å². The van der Waals surface area contributed by atoms with Gasteiger partial charge < -0.3 is 10.2 Å². The molecule has 7 nitrogen and oxygen atoms in total. The lowest BCUT2D eigenvalue weighted by Crippen LogP contribution is -2.31. The topological polar surface area (TPSA) is 86.8 Å². The van der Waals surface area contributed by atoms with Crippen molar-refractivity contribution in [3.63, 3.8) is 0 Å². The number of carbonyl (C=O) groups excluding carboxylic acids is 2. The van der Waals surface area contributed by atoms with Gasteiger partial charge in [-0.3, -0.25) is 9.59 Å². The minimum atomic E-state index is -3.70. The van der Waals surface area contributed by atoms with Gasteiger partial charge in [-0.15, -0.1) is 0 Å². The van der Waals surface area contributed by atoms with Crippen molar-refractivity contribution >= 4 is 33.1 Å². The zero-order valence-electron chi connectivity index (χ0n) is 18.2. The van der Waals surface area contributed by atoms with Crippen LogP contribution in [0, 0.1) is 0 Å². The quantitative estimate of drug-likeness (QED) is 0.628. The van der Waals surface area contributed by atoms with Gasteiger partial charge in [0.1, 0.15) is 0 Å². The fraction of sp³-hybridized carbons (Fsp3) is 0.391. The van der Waals surface area contributed by atoms with Crippen LogP contribution in [0.5, 0.6) is 0 Å². The SMILES string of the molecule is CCN(CC)S(=O)(=O)c1ccc(N2CCCC2)c(C(=O)Nc2cccc(C(C)=O)c2)c1. The molecular weight excluding hydrogens is 414 g/mol. The van der Waals surface area contributed by atoms with E-state index in [-0.39, 0.29) is 10.7 Å². The first kappa shape index (κ1) is 23.0. The second kappa shape index (κ2) is 9.62. The maximum Gasteiger partial charge on any atom is 0.257 e. The summed E-state index contributed by atoms with van der Waals surface area (Å²) in [6, 6.07) is 11.5. The second-order valence-corrected chi connectivity index (χ2v) is 9.49. The van der Waals surface area contributed by atoms with E-state index in [0.29, 0.717) is 29.9 Å². The van der Waals surface area contributed by atoms with Crippen LogP contribution in [-0.4, -0.2) is 50.6 Å². The first-order chi connectivity index (χ1) is 14.8. The number of hydrogen-bond acceptors (Lipinski definition) is 5. The average Bonchev–Trinajstić information content (AvgIpc) is 3.29. The maximum absolute atomic E-state index is 13.2. The number of benzene rings is 2. The zero-order valence-corrected chi connectivity index (χ0v) is 19.0. The lowest BCUT2D eigenvalue weighted by Gasteiger charge is -2.23. The summed E-state index contributed by atoms with van der Waals surface area (Å²) in [5.74, 6) is -0.500. The first-order valence-electron chi connectivity index (χ1n) is 10.6. The van der Waals surface area contributed by atoms with E-state index in [1.807, 2.05) is 0 Å². The number of rotatable bonds is 8. The average molecular weight is 444 g/mol. The van der Waals surface area contributed by atoms with E-state index in [2.05, 4.69) is 10.2 Å². The molecule has 2 aromatic carbocycles. The van der Waals surface area contributed by atoms with Crippen LogP contribution >= 0.6 is 0 Å². The Balaban J connectivity index is 2.02. The zero-order chi connectivity index (χ0) is 22.6. The van der Waals surface area contributed by atoms with Gasteiger partial charge in [0.25, 0.3) is 5.91 Å². The van der Waals surface area contributed by atoms with Crippen LogP contribution in [0.3, 0.4) is 0 Å². The van der Waals surface area contributed by atoms with E-state index in [1.165, 1.54) is 17.3 Å². The van der Waals surface area contributed by atoms with Crippen molar-refractivity contribution in [3.8, 4) is 0 Å².